The predicted molar refractivity (Wildman–Crippen MR) is 99.9 cm³/mol. The van der Waals surface area contributed by atoms with E-state index < -0.39 is 5.41 Å². The summed E-state index contributed by atoms with van der Waals surface area (Å²) in [4.78, 5) is 29.7. The molecule has 9 nitrogen and oxygen atoms in total. The van der Waals surface area contributed by atoms with Crippen molar-refractivity contribution in [2.24, 2.45) is 5.41 Å². The number of rotatable bonds is 3. The molecule has 4 rings (SSSR count). The van der Waals surface area contributed by atoms with Gasteiger partial charge in [0.1, 0.15) is 12.1 Å². The van der Waals surface area contributed by atoms with Gasteiger partial charge in [-0.3, -0.25) is 9.59 Å². The lowest BCUT2D eigenvalue weighted by Gasteiger charge is -2.41. The summed E-state index contributed by atoms with van der Waals surface area (Å²) in [6, 6.07) is 4.88. The van der Waals surface area contributed by atoms with E-state index in [0.717, 1.165) is 19.4 Å². The van der Waals surface area contributed by atoms with Crippen LogP contribution >= 0.6 is 0 Å². The molecule has 1 atom stereocenters. The van der Waals surface area contributed by atoms with Crippen LogP contribution in [-0.4, -0.2) is 72.6 Å². The lowest BCUT2D eigenvalue weighted by Crippen LogP contribution is -2.52. The van der Waals surface area contributed by atoms with E-state index in [1.807, 2.05) is 18.7 Å². The van der Waals surface area contributed by atoms with Crippen LogP contribution in [0.5, 0.6) is 5.75 Å². The number of phenols is 1. The lowest BCUT2D eigenvalue weighted by molar-refractivity contribution is -0.147. The van der Waals surface area contributed by atoms with E-state index in [0.29, 0.717) is 25.2 Å². The van der Waals surface area contributed by atoms with E-state index in [2.05, 4.69) is 15.5 Å². The van der Waals surface area contributed by atoms with Gasteiger partial charge in [-0.05, 0) is 55.7 Å². The van der Waals surface area contributed by atoms with Gasteiger partial charge < -0.3 is 14.9 Å². The first-order valence-electron chi connectivity index (χ1n) is 9.58. The molecular formula is C19H24N6O3. The molecule has 2 aliphatic heterocycles. The van der Waals surface area contributed by atoms with Crippen molar-refractivity contribution >= 4 is 11.8 Å². The van der Waals surface area contributed by atoms with Crippen LogP contribution in [0, 0.1) is 5.41 Å². The smallest absolute Gasteiger partial charge is 0.257 e. The SMILES string of the molecule is CC(C)N1CCC[C@]2(CCN(C(=O)c3ccc(-n4cnnn4)cc3O)C2)C1=O. The van der Waals surface area contributed by atoms with Crippen LogP contribution in [-0.2, 0) is 4.79 Å². The van der Waals surface area contributed by atoms with Crippen molar-refractivity contribution in [3.05, 3.63) is 30.1 Å². The van der Waals surface area contributed by atoms with Crippen molar-refractivity contribution < 1.29 is 14.7 Å². The van der Waals surface area contributed by atoms with Crippen molar-refractivity contribution in [1.82, 2.24) is 30.0 Å². The van der Waals surface area contributed by atoms with Crippen LogP contribution < -0.4 is 0 Å². The highest BCUT2D eigenvalue weighted by molar-refractivity contribution is 5.98. The number of piperidine rings is 1. The van der Waals surface area contributed by atoms with Crippen LogP contribution in [0.2, 0.25) is 0 Å². The number of nitrogens with zero attached hydrogens (tertiary/aromatic N) is 6. The van der Waals surface area contributed by atoms with Gasteiger partial charge in [0.05, 0.1) is 16.7 Å². The Balaban J connectivity index is 1.53. The predicted octanol–water partition coefficient (Wildman–Crippen LogP) is 1.23. The maximum absolute atomic E-state index is 13.1. The Hall–Kier alpha value is -2.97. The minimum Gasteiger partial charge on any atom is -0.507 e. The zero-order valence-electron chi connectivity index (χ0n) is 16.1. The quantitative estimate of drug-likeness (QED) is 0.854. The van der Waals surface area contributed by atoms with Crippen molar-refractivity contribution in [3.63, 3.8) is 0 Å². The van der Waals surface area contributed by atoms with Gasteiger partial charge in [0.15, 0.2) is 0 Å². The molecule has 0 aliphatic carbocycles. The summed E-state index contributed by atoms with van der Waals surface area (Å²) in [6.45, 7) is 5.76. The summed E-state index contributed by atoms with van der Waals surface area (Å²) in [5.74, 6) is -0.229. The second-order valence-electron chi connectivity index (χ2n) is 7.91. The summed E-state index contributed by atoms with van der Waals surface area (Å²) in [6.07, 6.45) is 3.85. The van der Waals surface area contributed by atoms with E-state index in [4.69, 9.17) is 0 Å². The summed E-state index contributed by atoms with van der Waals surface area (Å²) < 4.78 is 1.40. The Morgan fingerprint density at radius 3 is 2.75 bits per heavy atom. The third-order valence-corrected chi connectivity index (χ3v) is 5.86. The fraction of sp³-hybridized carbons (Fsp3) is 0.526. The van der Waals surface area contributed by atoms with Gasteiger partial charge in [-0.2, -0.15) is 0 Å². The van der Waals surface area contributed by atoms with Crippen molar-refractivity contribution in [2.45, 2.75) is 39.2 Å². The minimum absolute atomic E-state index is 0.127. The fourth-order valence-corrected chi connectivity index (χ4v) is 4.31. The average Bonchev–Trinajstić information content (AvgIpc) is 3.34. The summed E-state index contributed by atoms with van der Waals surface area (Å²) >= 11 is 0. The van der Waals surface area contributed by atoms with Crippen molar-refractivity contribution in [3.8, 4) is 11.4 Å². The third kappa shape index (κ3) is 3.00. The van der Waals surface area contributed by atoms with Gasteiger partial charge in [-0.1, -0.05) is 0 Å². The standard InChI is InChI=1S/C19H24N6O3/c1-13(2)24-8-3-6-19(18(24)28)7-9-23(11-19)17(27)15-5-4-14(10-16(15)26)25-12-20-21-22-25/h4-5,10,12-13,26H,3,6-9,11H2,1-2H3/t19-/m1/s1. The number of carbonyl (C=O) groups is 2. The van der Waals surface area contributed by atoms with Gasteiger partial charge >= 0.3 is 0 Å². The normalized spacial score (nSPS) is 22.5. The summed E-state index contributed by atoms with van der Waals surface area (Å²) in [5.41, 5.74) is 0.296. The summed E-state index contributed by atoms with van der Waals surface area (Å²) in [5, 5.41) is 21.3. The molecule has 9 heteroatoms. The van der Waals surface area contributed by atoms with Gasteiger partial charge in [0, 0.05) is 31.7 Å². The number of benzene rings is 1. The second kappa shape index (κ2) is 6.88. The highest BCUT2D eigenvalue weighted by atomic mass is 16.3. The van der Waals surface area contributed by atoms with Crippen LogP contribution in [0.1, 0.15) is 43.5 Å². The Bertz CT molecular complexity index is 897. The topological polar surface area (TPSA) is 104 Å². The molecule has 1 N–H and O–H groups in total. The fourth-order valence-electron chi connectivity index (χ4n) is 4.31. The molecule has 1 aromatic heterocycles. The number of aromatic nitrogens is 4. The molecular weight excluding hydrogens is 360 g/mol. The van der Waals surface area contributed by atoms with E-state index in [1.54, 1.807) is 17.0 Å². The molecule has 2 saturated heterocycles. The number of aromatic hydroxyl groups is 1. The number of carbonyl (C=O) groups excluding carboxylic acids is 2. The van der Waals surface area contributed by atoms with E-state index in [1.165, 1.54) is 17.1 Å². The molecule has 0 radical (unpaired) electrons. The van der Waals surface area contributed by atoms with Gasteiger partial charge in [-0.25, -0.2) is 4.68 Å². The van der Waals surface area contributed by atoms with Crippen LogP contribution in [0.3, 0.4) is 0 Å². The molecule has 2 amide bonds. The molecule has 3 heterocycles. The molecule has 0 unspecified atom stereocenters. The maximum Gasteiger partial charge on any atom is 0.257 e. The molecule has 2 fully saturated rings. The second-order valence-corrected chi connectivity index (χ2v) is 7.91. The van der Waals surface area contributed by atoms with Crippen LogP contribution in [0.25, 0.3) is 5.69 Å². The van der Waals surface area contributed by atoms with Gasteiger partial charge in [-0.15, -0.1) is 5.10 Å². The average molecular weight is 384 g/mol. The van der Waals surface area contributed by atoms with Crippen molar-refractivity contribution in [2.75, 3.05) is 19.6 Å². The van der Waals surface area contributed by atoms with E-state index >= 15 is 0 Å². The molecule has 0 saturated carbocycles. The number of likely N-dealkylation sites (tertiary alicyclic amines) is 2. The Kier molecular flexibility index (Phi) is 4.52. The highest BCUT2D eigenvalue weighted by Gasteiger charge is 2.50. The van der Waals surface area contributed by atoms with Crippen molar-refractivity contribution in [1.29, 1.82) is 0 Å². The highest BCUT2D eigenvalue weighted by Crippen LogP contribution is 2.41. The minimum atomic E-state index is -0.486. The summed E-state index contributed by atoms with van der Waals surface area (Å²) in [7, 11) is 0. The molecule has 148 valence electrons. The lowest BCUT2D eigenvalue weighted by atomic mass is 9.78. The number of hydrogen-bond donors (Lipinski definition) is 1. The number of phenolic OH excluding ortho intramolecular Hbond substituents is 1. The van der Waals surface area contributed by atoms with E-state index in [-0.39, 0.29) is 29.2 Å². The first-order valence-corrected chi connectivity index (χ1v) is 9.58. The number of amides is 2. The largest absolute Gasteiger partial charge is 0.507 e. The Labute approximate surface area is 162 Å². The van der Waals surface area contributed by atoms with Crippen LogP contribution in [0.15, 0.2) is 24.5 Å². The van der Waals surface area contributed by atoms with Gasteiger partial charge in [0.2, 0.25) is 5.91 Å². The van der Waals surface area contributed by atoms with E-state index in [9.17, 15) is 14.7 Å². The number of hydrogen-bond acceptors (Lipinski definition) is 6. The molecule has 28 heavy (non-hydrogen) atoms. The maximum atomic E-state index is 13.1. The molecule has 1 aromatic carbocycles. The molecule has 2 aliphatic rings. The first-order chi connectivity index (χ1) is 13.4. The molecule has 0 bridgehead atoms. The zero-order chi connectivity index (χ0) is 19.9. The molecule has 1 spiro atoms. The number of tetrazole rings is 1. The third-order valence-electron chi connectivity index (χ3n) is 5.86. The monoisotopic (exact) mass is 384 g/mol. The first kappa shape index (κ1) is 18.4. The van der Waals surface area contributed by atoms with Gasteiger partial charge in [0.25, 0.3) is 5.91 Å². The Morgan fingerprint density at radius 1 is 1.25 bits per heavy atom. The molecule has 2 aromatic rings. The van der Waals surface area contributed by atoms with Crippen LogP contribution in [0.4, 0.5) is 0 Å². The Morgan fingerprint density at radius 2 is 2.07 bits per heavy atom. The zero-order valence-corrected chi connectivity index (χ0v) is 16.1.